The van der Waals surface area contributed by atoms with E-state index in [1.807, 2.05) is 0 Å². The maximum absolute atomic E-state index is 13.4. The molecule has 1 atom stereocenters. The van der Waals surface area contributed by atoms with Gasteiger partial charge in [-0.3, -0.25) is 0 Å². The zero-order valence-electron chi connectivity index (χ0n) is 20.2. The normalized spacial score (nSPS) is 11.7. The number of halogens is 2. The van der Waals surface area contributed by atoms with E-state index < -0.39 is 29.8 Å². The monoisotopic (exact) mass is 493 g/mol. The molecule has 192 valence electrons. The van der Waals surface area contributed by atoms with Gasteiger partial charge in [0, 0.05) is 25.6 Å². The molecule has 1 amide bonds. The number of amides is 1. The van der Waals surface area contributed by atoms with Gasteiger partial charge in [-0.05, 0) is 43.2 Å². The molecule has 0 bridgehead atoms. The van der Waals surface area contributed by atoms with Crippen molar-refractivity contribution >= 4 is 12.1 Å². The SMILES string of the molecule is CCCCCCN(CCOc1ccc(CC(OCC)C(=O)O)cc1)C(=O)Oc1ccc(F)c(F)c1. The average molecular weight is 494 g/mol. The number of carboxylic acid groups (broad SMARTS) is 1. The molecule has 0 aliphatic carbocycles. The number of carbonyl (C=O) groups excluding carboxylic acids is 1. The molecule has 2 aromatic rings. The van der Waals surface area contributed by atoms with Crippen molar-refractivity contribution in [2.45, 2.75) is 52.1 Å². The van der Waals surface area contributed by atoms with Gasteiger partial charge in [-0.1, -0.05) is 38.3 Å². The molecule has 35 heavy (non-hydrogen) atoms. The van der Waals surface area contributed by atoms with Crippen molar-refractivity contribution in [2.24, 2.45) is 0 Å². The van der Waals surface area contributed by atoms with E-state index in [0.29, 0.717) is 18.9 Å². The lowest BCUT2D eigenvalue weighted by molar-refractivity contribution is -0.149. The van der Waals surface area contributed by atoms with Crippen molar-refractivity contribution in [3.63, 3.8) is 0 Å². The molecule has 1 N–H and O–H groups in total. The summed E-state index contributed by atoms with van der Waals surface area (Å²) in [5.74, 6) is -2.63. The van der Waals surface area contributed by atoms with Gasteiger partial charge in [0.1, 0.15) is 18.1 Å². The van der Waals surface area contributed by atoms with Crippen molar-refractivity contribution in [1.29, 1.82) is 0 Å². The van der Waals surface area contributed by atoms with E-state index in [-0.39, 0.29) is 25.3 Å². The predicted octanol–water partition coefficient (Wildman–Crippen LogP) is 5.46. The van der Waals surface area contributed by atoms with Crippen LogP contribution in [0, 0.1) is 11.6 Å². The molecule has 0 spiro atoms. The number of carboxylic acids is 1. The first-order chi connectivity index (χ1) is 16.8. The van der Waals surface area contributed by atoms with Gasteiger partial charge in [-0.15, -0.1) is 0 Å². The minimum atomic E-state index is -1.09. The fraction of sp³-hybridized carbons (Fsp3) is 0.462. The Hall–Kier alpha value is -3.20. The first kappa shape index (κ1) is 28.0. The van der Waals surface area contributed by atoms with E-state index in [1.165, 1.54) is 11.0 Å². The number of ether oxygens (including phenoxy) is 3. The highest BCUT2D eigenvalue weighted by Crippen LogP contribution is 2.18. The van der Waals surface area contributed by atoms with Gasteiger partial charge in [0.05, 0.1) is 6.54 Å². The van der Waals surface area contributed by atoms with Crippen LogP contribution in [0.15, 0.2) is 42.5 Å². The van der Waals surface area contributed by atoms with Crippen LogP contribution in [0.3, 0.4) is 0 Å². The Balaban J connectivity index is 1.92. The second kappa shape index (κ2) is 14.9. The van der Waals surface area contributed by atoms with E-state index in [0.717, 1.165) is 43.4 Å². The minimum Gasteiger partial charge on any atom is -0.492 e. The van der Waals surface area contributed by atoms with Crippen molar-refractivity contribution in [3.05, 3.63) is 59.7 Å². The first-order valence-electron chi connectivity index (χ1n) is 11.8. The molecule has 0 fully saturated rings. The van der Waals surface area contributed by atoms with Gasteiger partial charge in [-0.25, -0.2) is 18.4 Å². The Morgan fingerprint density at radius 1 is 0.943 bits per heavy atom. The second-order valence-electron chi connectivity index (χ2n) is 7.97. The Bertz CT molecular complexity index is 938. The summed E-state index contributed by atoms with van der Waals surface area (Å²) in [6, 6.07) is 9.93. The summed E-state index contributed by atoms with van der Waals surface area (Å²) in [6.45, 7) is 5.02. The molecular weight excluding hydrogens is 460 g/mol. The molecular formula is C26H33F2NO6. The number of hydrogen-bond acceptors (Lipinski definition) is 5. The van der Waals surface area contributed by atoms with Gasteiger partial charge >= 0.3 is 12.1 Å². The maximum atomic E-state index is 13.4. The van der Waals surface area contributed by atoms with Crippen LogP contribution in [0.5, 0.6) is 11.5 Å². The smallest absolute Gasteiger partial charge is 0.415 e. The zero-order valence-corrected chi connectivity index (χ0v) is 20.2. The molecule has 0 aliphatic heterocycles. The van der Waals surface area contributed by atoms with Crippen LogP contribution in [0.4, 0.5) is 13.6 Å². The summed E-state index contributed by atoms with van der Waals surface area (Å²) in [7, 11) is 0. The van der Waals surface area contributed by atoms with Gasteiger partial charge in [0.2, 0.25) is 0 Å². The highest BCUT2D eigenvalue weighted by atomic mass is 19.2. The molecule has 0 saturated carbocycles. The molecule has 0 heterocycles. The molecule has 0 saturated heterocycles. The molecule has 0 aliphatic rings. The van der Waals surface area contributed by atoms with Crippen LogP contribution in [-0.2, 0) is 16.0 Å². The van der Waals surface area contributed by atoms with E-state index in [1.54, 1.807) is 31.2 Å². The summed E-state index contributed by atoms with van der Waals surface area (Å²) in [4.78, 5) is 25.4. The predicted molar refractivity (Wildman–Crippen MR) is 127 cm³/mol. The summed E-state index contributed by atoms with van der Waals surface area (Å²) in [6.07, 6.45) is 2.49. The average Bonchev–Trinajstić information content (AvgIpc) is 2.83. The fourth-order valence-electron chi connectivity index (χ4n) is 3.36. The molecule has 0 radical (unpaired) electrons. The lowest BCUT2D eigenvalue weighted by Gasteiger charge is -2.22. The Labute approximate surface area is 204 Å². The lowest BCUT2D eigenvalue weighted by atomic mass is 10.1. The molecule has 1 unspecified atom stereocenters. The summed E-state index contributed by atoms with van der Waals surface area (Å²) in [5, 5.41) is 9.22. The Morgan fingerprint density at radius 2 is 1.66 bits per heavy atom. The number of unbranched alkanes of at least 4 members (excludes halogenated alkanes) is 3. The third-order valence-corrected chi connectivity index (χ3v) is 5.25. The maximum Gasteiger partial charge on any atom is 0.415 e. The quantitative estimate of drug-likeness (QED) is 0.332. The van der Waals surface area contributed by atoms with Gasteiger partial charge < -0.3 is 24.2 Å². The van der Waals surface area contributed by atoms with Crippen LogP contribution in [0.2, 0.25) is 0 Å². The number of hydrogen-bond donors (Lipinski definition) is 1. The van der Waals surface area contributed by atoms with Crippen LogP contribution in [0.1, 0.15) is 45.1 Å². The fourth-order valence-corrected chi connectivity index (χ4v) is 3.36. The zero-order chi connectivity index (χ0) is 25.6. The third kappa shape index (κ3) is 9.90. The highest BCUT2D eigenvalue weighted by Gasteiger charge is 2.19. The number of benzene rings is 2. The Kier molecular flexibility index (Phi) is 12.0. The number of aliphatic carboxylic acids is 1. The number of carbonyl (C=O) groups is 2. The molecule has 9 heteroatoms. The highest BCUT2D eigenvalue weighted by molar-refractivity contribution is 5.72. The van der Waals surface area contributed by atoms with Crippen molar-refractivity contribution < 1.29 is 37.7 Å². The lowest BCUT2D eigenvalue weighted by Crippen LogP contribution is -2.37. The van der Waals surface area contributed by atoms with Gasteiger partial charge in [0.15, 0.2) is 17.7 Å². The topological polar surface area (TPSA) is 85.3 Å². The van der Waals surface area contributed by atoms with Crippen LogP contribution < -0.4 is 9.47 Å². The summed E-state index contributed by atoms with van der Waals surface area (Å²) >= 11 is 0. The van der Waals surface area contributed by atoms with E-state index in [2.05, 4.69) is 6.92 Å². The van der Waals surface area contributed by atoms with E-state index in [4.69, 9.17) is 14.2 Å². The minimum absolute atomic E-state index is 0.0734. The summed E-state index contributed by atoms with van der Waals surface area (Å²) in [5.41, 5.74) is 0.797. The van der Waals surface area contributed by atoms with Gasteiger partial charge in [-0.2, -0.15) is 0 Å². The van der Waals surface area contributed by atoms with Crippen molar-refractivity contribution in [3.8, 4) is 11.5 Å². The van der Waals surface area contributed by atoms with Crippen LogP contribution in [0.25, 0.3) is 0 Å². The standard InChI is InChI=1S/C26H33F2NO6/c1-3-5-6-7-14-29(26(32)35-21-12-13-22(27)23(28)18-21)15-16-34-20-10-8-19(9-11-20)17-24(25(30)31)33-4-2/h8-13,18,24H,3-7,14-17H2,1-2H3,(H,30,31). The number of rotatable bonds is 15. The van der Waals surface area contributed by atoms with E-state index in [9.17, 15) is 23.5 Å². The van der Waals surface area contributed by atoms with Crippen molar-refractivity contribution in [2.75, 3.05) is 26.3 Å². The van der Waals surface area contributed by atoms with Gasteiger partial charge in [0.25, 0.3) is 0 Å². The summed E-state index contributed by atoms with van der Waals surface area (Å²) < 4.78 is 42.8. The largest absolute Gasteiger partial charge is 0.492 e. The second-order valence-corrected chi connectivity index (χ2v) is 7.97. The molecule has 2 rings (SSSR count). The molecule has 0 aromatic heterocycles. The van der Waals surface area contributed by atoms with E-state index >= 15 is 0 Å². The van der Waals surface area contributed by atoms with Crippen molar-refractivity contribution in [1.82, 2.24) is 4.90 Å². The number of nitrogens with zero attached hydrogens (tertiary/aromatic N) is 1. The van der Waals surface area contributed by atoms with Crippen LogP contribution >= 0.6 is 0 Å². The first-order valence-corrected chi connectivity index (χ1v) is 11.8. The Morgan fingerprint density at radius 3 is 2.29 bits per heavy atom. The molecule has 7 nitrogen and oxygen atoms in total. The van der Waals surface area contributed by atoms with Crippen LogP contribution in [-0.4, -0.2) is 54.5 Å². The third-order valence-electron chi connectivity index (χ3n) is 5.25. The molecule has 2 aromatic carbocycles.